The maximum atomic E-state index is 13.7. The van der Waals surface area contributed by atoms with Gasteiger partial charge in [0.2, 0.25) is 0 Å². The van der Waals surface area contributed by atoms with Gasteiger partial charge in [-0.25, -0.2) is 14.2 Å². The molecule has 2 aromatic carbocycles. The van der Waals surface area contributed by atoms with Crippen molar-refractivity contribution in [2.45, 2.75) is 19.5 Å². The second-order valence-corrected chi connectivity index (χ2v) is 9.86. The van der Waals surface area contributed by atoms with E-state index >= 15 is 0 Å². The number of fused-ring (bicyclic) bond motifs is 3. The van der Waals surface area contributed by atoms with Crippen molar-refractivity contribution < 1.29 is 9.18 Å². The second kappa shape index (κ2) is 10.6. The summed E-state index contributed by atoms with van der Waals surface area (Å²) in [5.74, 6) is -0.434. The van der Waals surface area contributed by atoms with E-state index in [4.69, 9.17) is 34.8 Å². The highest BCUT2D eigenvalue weighted by Gasteiger charge is 2.26. The van der Waals surface area contributed by atoms with Crippen LogP contribution in [0.5, 0.6) is 0 Å². The van der Waals surface area contributed by atoms with Gasteiger partial charge in [0.25, 0.3) is 0 Å². The van der Waals surface area contributed by atoms with E-state index in [9.17, 15) is 9.18 Å². The summed E-state index contributed by atoms with van der Waals surface area (Å²) >= 11 is 18.1. The molecule has 1 N–H and O–H groups in total. The molecule has 1 aliphatic heterocycles. The van der Waals surface area contributed by atoms with Crippen LogP contribution in [0.15, 0.2) is 60.8 Å². The molecule has 36 heavy (non-hydrogen) atoms. The predicted octanol–water partition coefficient (Wildman–Crippen LogP) is 6.97. The monoisotopic (exact) mass is 542 g/mol. The van der Waals surface area contributed by atoms with Crippen molar-refractivity contribution in [1.29, 1.82) is 0 Å². The zero-order valence-electron chi connectivity index (χ0n) is 19.1. The van der Waals surface area contributed by atoms with E-state index in [0.717, 1.165) is 39.8 Å². The van der Waals surface area contributed by atoms with Gasteiger partial charge in [-0.3, -0.25) is 9.47 Å². The van der Waals surface area contributed by atoms with Crippen molar-refractivity contribution >= 4 is 57.8 Å². The molecule has 0 bridgehead atoms. The van der Waals surface area contributed by atoms with Crippen molar-refractivity contribution in [2.75, 3.05) is 13.1 Å². The summed E-state index contributed by atoms with van der Waals surface area (Å²) in [5.41, 5.74) is 4.52. The zero-order chi connectivity index (χ0) is 25.2. The first-order valence-corrected chi connectivity index (χ1v) is 12.6. The maximum Gasteiger partial charge on any atom is 0.326 e. The average molecular weight is 544 g/mol. The maximum absolute atomic E-state index is 13.7. The number of nitrogens with one attached hydrogen (secondary N) is 1. The Morgan fingerprint density at radius 2 is 1.97 bits per heavy atom. The van der Waals surface area contributed by atoms with Crippen LogP contribution >= 0.6 is 34.8 Å². The first-order chi connectivity index (χ1) is 17.4. The largest absolute Gasteiger partial charge is 0.333 e. The molecule has 0 aliphatic carbocycles. The molecule has 0 saturated heterocycles. The summed E-state index contributed by atoms with van der Waals surface area (Å²) in [7, 11) is 0. The molecule has 1 aliphatic rings. The number of amides is 1. The van der Waals surface area contributed by atoms with Crippen molar-refractivity contribution in [3.63, 3.8) is 0 Å². The van der Waals surface area contributed by atoms with E-state index in [2.05, 4.69) is 15.2 Å². The third-order valence-corrected chi connectivity index (χ3v) is 6.99. The minimum absolute atomic E-state index is 0.111. The molecular formula is C27H22Cl3FN4O. The molecule has 5 nitrogen and oxygen atoms in total. The smallest absolute Gasteiger partial charge is 0.326 e. The Hall–Kier alpha value is -2.90. The van der Waals surface area contributed by atoms with Gasteiger partial charge in [-0.1, -0.05) is 53.0 Å². The number of rotatable bonds is 5. The van der Waals surface area contributed by atoms with Gasteiger partial charge in [0, 0.05) is 54.9 Å². The van der Waals surface area contributed by atoms with Gasteiger partial charge < -0.3 is 5.32 Å². The fourth-order valence-corrected chi connectivity index (χ4v) is 5.02. The summed E-state index contributed by atoms with van der Waals surface area (Å²) in [4.78, 5) is 19.6. The van der Waals surface area contributed by atoms with Crippen LogP contribution in [0, 0.1) is 5.82 Å². The number of aromatic nitrogens is 2. The SMILES string of the molecule is O=C(NCc1ccnc(Cl)c1)n1c2c(c3cc(Cl)ccc31)CN(C/C=C/c1ccc(Cl)c(F)c1)CC2. The standard InChI is InChI=1S/C27H22Cl3FN4O/c28-19-4-6-24-20(14-19)21-16-34(10-1-2-17-3-5-22(29)23(31)12-17)11-8-25(21)35(24)27(36)33-15-18-7-9-32-26(30)13-18/h1-7,9,12-14H,8,10-11,15-16H2,(H,33,36)/b2-1+. The third-order valence-electron chi connectivity index (χ3n) is 6.24. The van der Waals surface area contributed by atoms with Crippen LogP contribution in [-0.2, 0) is 19.5 Å². The Kier molecular flexibility index (Phi) is 7.30. The molecule has 9 heteroatoms. The zero-order valence-corrected chi connectivity index (χ0v) is 21.4. The van der Waals surface area contributed by atoms with Gasteiger partial charge >= 0.3 is 6.03 Å². The normalized spacial score (nSPS) is 13.9. The number of carbonyl (C=O) groups excluding carboxylic acids is 1. The highest BCUT2D eigenvalue weighted by Crippen LogP contribution is 2.32. The Labute approximate surface area is 223 Å². The number of carbonyl (C=O) groups is 1. The van der Waals surface area contributed by atoms with Crippen molar-refractivity contribution in [3.8, 4) is 0 Å². The lowest BCUT2D eigenvalue weighted by Crippen LogP contribution is -2.34. The number of benzene rings is 2. The molecule has 0 fully saturated rings. The van der Waals surface area contributed by atoms with Crippen molar-refractivity contribution in [1.82, 2.24) is 19.8 Å². The number of nitrogens with zero attached hydrogens (tertiary/aromatic N) is 3. The molecule has 2 aromatic heterocycles. The van der Waals surface area contributed by atoms with Crippen LogP contribution in [0.1, 0.15) is 22.4 Å². The van der Waals surface area contributed by atoms with Gasteiger partial charge in [-0.15, -0.1) is 0 Å². The van der Waals surface area contributed by atoms with E-state index in [0.29, 0.717) is 36.2 Å². The number of hydrogen-bond acceptors (Lipinski definition) is 3. The highest BCUT2D eigenvalue weighted by atomic mass is 35.5. The Balaban J connectivity index is 1.36. The summed E-state index contributed by atoms with van der Waals surface area (Å²) in [6, 6.07) is 13.7. The minimum atomic E-state index is -0.434. The summed E-state index contributed by atoms with van der Waals surface area (Å²) < 4.78 is 15.5. The highest BCUT2D eigenvalue weighted by molar-refractivity contribution is 6.31. The lowest BCUT2D eigenvalue weighted by molar-refractivity contribution is 0.240. The van der Waals surface area contributed by atoms with Crippen molar-refractivity contribution in [2.24, 2.45) is 0 Å². The Morgan fingerprint density at radius 1 is 1.11 bits per heavy atom. The van der Waals surface area contributed by atoms with Gasteiger partial charge in [-0.05, 0) is 59.2 Å². The van der Waals surface area contributed by atoms with E-state index in [1.807, 2.05) is 30.4 Å². The Bertz CT molecular complexity index is 1480. The van der Waals surface area contributed by atoms with Crippen LogP contribution in [0.4, 0.5) is 9.18 Å². The van der Waals surface area contributed by atoms with Gasteiger partial charge in [0.15, 0.2) is 0 Å². The fourth-order valence-electron chi connectivity index (χ4n) is 4.54. The molecule has 4 aromatic rings. The van der Waals surface area contributed by atoms with Gasteiger partial charge in [0.05, 0.1) is 10.5 Å². The summed E-state index contributed by atoms with van der Waals surface area (Å²) in [6.45, 7) is 2.48. The molecule has 0 spiro atoms. The molecule has 0 unspecified atom stereocenters. The molecule has 184 valence electrons. The minimum Gasteiger partial charge on any atom is -0.333 e. The summed E-state index contributed by atoms with van der Waals surface area (Å²) in [5, 5.41) is 5.08. The number of hydrogen-bond donors (Lipinski definition) is 1. The first kappa shape index (κ1) is 24.8. The number of halogens is 4. The van der Waals surface area contributed by atoms with Crippen LogP contribution in [0.25, 0.3) is 17.0 Å². The van der Waals surface area contributed by atoms with Crippen molar-refractivity contribution in [3.05, 3.63) is 104 Å². The lowest BCUT2D eigenvalue weighted by Gasteiger charge is -2.27. The fraction of sp³-hybridized carbons (Fsp3) is 0.185. The van der Waals surface area contributed by atoms with Crippen LogP contribution in [-0.4, -0.2) is 33.6 Å². The lowest BCUT2D eigenvalue weighted by atomic mass is 10.0. The molecule has 1 amide bonds. The molecule has 5 rings (SSSR count). The van der Waals surface area contributed by atoms with E-state index in [1.54, 1.807) is 35.0 Å². The second-order valence-electron chi connectivity index (χ2n) is 8.63. The van der Waals surface area contributed by atoms with Gasteiger partial charge in [-0.2, -0.15) is 0 Å². The molecule has 0 atom stereocenters. The first-order valence-electron chi connectivity index (χ1n) is 11.4. The van der Waals surface area contributed by atoms with E-state index in [-0.39, 0.29) is 11.1 Å². The molecule has 0 radical (unpaired) electrons. The molecule has 0 saturated carbocycles. The topological polar surface area (TPSA) is 50.2 Å². The van der Waals surface area contributed by atoms with Crippen LogP contribution < -0.4 is 5.32 Å². The quantitative estimate of drug-likeness (QED) is 0.277. The number of pyridine rings is 1. The average Bonchev–Trinajstić information content (AvgIpc) is 3.18. The van der Waals surface area contributed by atoms with E-state index in [1.165, 1.54) is 6.07 Å². The predicted molar refractivity (Wildman–Crippen MR) is 143 cm³/mol. The Morgan fingerprint density at radius 3 is 2.78 bits per heavy atom. The third kappa shape index (κ3) is 5.27. The van der Waals surface area contributed by atoms with Crippen LogP contribution in [0.3, 0.4) is 0 Å². The molecular weight excluding hydrogens is 522 g/mol. The summed E-state index contributed by atoms with van der Waals surface area (Å²) in [6.07, 6.45) is 6.21. The van der Waals surface area contributed by atoms with Crippen LogP contribution in [0.2, 0.25) is 15.2 Å². The molecule has 3 heterocycles. The van der Waals surface area contributed by atoms with E-state index < -0.39 is 5.82 Å². The van der Waals surface area contributed by atoms with Gasteiger partial charge in [0.1, 0.15) is 11.0 Å².